The fourth-order valence-corrected chi connectivity index (χ4v) is 1.80. The van der Waals surface area contributed by atoms with E-state index < -0.39 is 0 Å². The van der Waals surface area contributed by atoms with Crippen LogP contribution >= 0.6 is 11.8 Å². The highest BCUT2D eigenvalue weighted by atomic mass is 32.2. The van der Waals surface area contributed by atoms with Crippen LogP contribution in [0.5, 0.6) is 0 Å². The van der Waals surface area contributed by atoms with Gasteiger partial charge in [0.1, 0.15) is 0 Å². The van der Waals surface area contributed by atoms with Crippen LogP contribution in [0.2, 0.25) is 0 Å². The van der Waals surface area contributed by atoms with Gasteiger partial charge in [0.2, 0.25) is 11.9 Å². The molecular weight excluding hydrogens is 250 g/mol. The Bertz CT molecular complexity index is 485. The lowest BCUT2D eigenvalue weighted by Gasteiger charge is -2.06. The van der Waals surface area contributed by atoms with Crippen LogP contribution in [0.1, 0.15) is 6.42 Å². The van der Waals surface area contributed by atoms with Crippen molar-refractivity contribution in [3.05, 3.63) is 18.5 Å². The molecule has 0 amide bonds. The quantitative estimate of drug-likeness (QED) is 0.746. The van der Waals surface area contributed by atoms with Crippen molar-refractivity contribution < 1.29 is 0 Å². The second-order valence-electron chi connectivity index (χ2n) is 3.54. The average molecular weight is 265 g/mol. The van der Waals surface area contributed by atoms with E-state index in [9.17, 15) is 0 Å². The summed E-state index contributed by atoms with van der Waals surface area (Å²) in [6.45, 7) is 0.808. The predicted molar refractivity (Wildman–Crippen MR) is 72.9 cm³/mol. The summed E-state index contributed by atoms with van der Waals surface area (Å²) in [5, 5.41) is 7.18. The van der Waals surface area contributed by atoms with Crippen LogP contribution in [0.4, 0.5) is 11.9 Å². The Morgan fingerprint density at radius 1 is 1.39 bits per heavy atom. The van der Waals surface area contributed by atoms with Crippen LogP contribution in [0, 0.1) is 0 Å². The lowest BCUT2D eigenvalue weighted by Crippen LogP contribution is -2.12. The Morgan fingerprint density at radius 3 is 3.00 bits per heavy atom. The van der Waals surface area contributed by atoms with E-state index in [4.69, 9.17) is 5.73 Å². The fourth-order valence-electron chi connectivity index (χ4n) is 1.37. The summed E-state index contributed by atoms with van der Waals surface area (Å²) in [4.78, 5) is 12.3. The van der Waals surface area contributed by atoms with E-state index in [-0.39, 0.29) is 5.95 Å². The van der Waals surface area contributed by atoms with Crippen LogP contribution in [0.3, 0.4) is 0 Å². The van der Waals surface area contributed by atoms with Gasteiger partial charge in [0.15, 0.2) is 0 Å². The van der Waals surface area contributed by atoms with Crippen molar-refractivity contribution in [3.63, 3.8) is 0 Å². The highest BCUT2D eigenvalue weighted by molar-refractivity contribution is 7.98. The molecule has 2 heterocycles. The van der Waals surface area contributed by atoms with E-state index in [0.717, 1.165) is 18.7 Å². The molecule has 0 aliphatic heterocycles. The minimum absolute atomic E-state index is 0.183. The molecule has 2 aromatic rings. The first-order valence-corrected chi connectivity index (χ1v) is 6.93. The minimum Gasteiger partial charge on any atom is -0.368 e. The summed E-state index contributed by atoms with van der Waals surface area (Å²) < 4.78 is 1.55. The zero-order chi connectivity index (χ0) is 12.8. The maximum atomic E-state index is 5.65. The standard InChI is InChI=1S/C10H15N7S/c1-18-7-3-4-12-9-14-8(11)15-10(16-9)17-6-2-5-13-17/h2,5-6H,3-4,7H2,1H3,(H3,11,12,14,15,16). The molecule has 0 spiro atoms. The largest absolute Gasteiger partial charge is 0.368 e. The van der Waals surface area contributed by atoms with Crippen molar-refractivity contribution in [2.24, 2.45) is 0 Å². The van der Waals surface area contributed by atoms with Gasteiger partial charge >= 0.3 is 0 Å². The average Bonchev–Trinajstić information content (AvgIpc) is 2.88. The normalized spacial score (nSPS) is 10.5. The van der Waals surface area contributed by atoms with Crippen LogP contribution in [-0.2, 0) is 0 Å². The molecule has 3 N–H and O–H groups in total. The number of nitrogens with one attached hydrogen (secondary N) is 1. The highest BCUT2D eigenvalue weighted by Gasteiger charge is 2.05. The third-order valence-corrected chi connectivity index (χ3v) is 2.86. The molecule has 0 aliphatic carbocycles. The van der Waals surface area contributed by atoms with E-state index in [2.05, 4.69) is 31.6 Å². The molecule has 0 radical (unpaired) electrons. The molecule has 7 nitrogen and oxygen atoms in total. The number of hydrogen-bond acceptors (Lipinski definition) is 7. The molecule has 0 saturated carbocycles. The first kappa shape index (κ1) is 12.6. The van der Waals surface area contributed by atoms with Gasteiger partial charge in [-0.05, 0) is 24.5 Å². The van der Waals surface area contributed by atoms with Crippen molar-refractivity contribution in [2.45, 2.75) is 6.42 Å². The number of nitrogens with zero attached hydrogens (tertiary/aromatic N) is 5. The van der Waals surface area contributed by atoms with Gasteiger partial charge in [0.25, 0.3) is 5.95 Å². The number of nitrogens with two attached hydrogens (primary N) is 1. The van der Waals surface area contributed by atoms with Gasteiger partial charge in [-0.25, -0.2) is 4.68 Å². The summed E-state index contributed by atoms with van der Waals surface area (Å²) in [5.41, 5.74) is 5.65. The third kappa shape index (κ3) is 3.33. The van der Waals surface area contributed by atoms with Crippen LogP contribution < -0.4 is 11.1 Å². The lowest BCUT2D eigenvalue weighted by atomic mass is 10.5. The molecule has 18 heavy (non-hydrogen) atoms. The smallest absolute Gasteiger partial charge is 0.257 e. The van der Waals surface area contributed by atoms with Gasteiger partial charge in [-0.15, -0.1) is 0 Å². The highest BCUT2D eigenvalue weighted by Crippen LogP contribution is 2.06. The number of hydrogen-bond donors (Lipinski definition) is 2. The van der Waals surface area contributed by atoms with Crippen molar-refractivity contribution in [1.82, 2.24) is 24.7 Å². The molecular formula is C10H15N7S. The minimum atomic E-state index is 0.183. The lowest BCUT2D eigenvalue weighted by molar-refractivity contribution is 0.797. The molecule has 0 bridgehead atoms. The third-order valence-electron chi connectivity index (χ3n) is 2.16. The van der Waals surface area contributed by atoms with Crippen LogP contribution in [0.25, 0.3) is 5.95 Å². The molecule has 96 valence electrons. The number of anilines is 2. The molecule has 0 aromatic carbocycles. The second-order valence-corrected chi connectivity index (χ2v) is 4.53. The number of rotatable bonds is 6. The Kier molecular flexibility index (Phi) is 4.35. The maximum absolute atomic E-state index is 5.65. The summed E-state index contributed by atoms with van der Waals surface area (Å²) in [7, 11) is 0. The zero-order valence-electron chi connectivity index (χ0n) is 10.1. The maximum Gasteiger partial charge on any atom is 0.257 e. The molecule has 2 rings (SSSR count). The Balaban J connectivity index is 2.07. The second kappa shape index (κ2) is 6.20. The van der Waals surface area contributed by atoms with Crippen LogP contribution in [0.15, 0.2) is 18.5 Å². The Morgan fingerprint density at radius 2 is 2.28 bits per heavy atom. The van der Waals surface area contributed by atoms with E-state index in [1.807, 2.05) is 11.8 Å². The topological polar surface area (TPSA) is 94.5 Å². The van der Waals surface area contributed by atoms with E-state index in [0.29, 0.717) is 11.9 Å². The molecule has 0 aliphatic rings. The van der Waals surface area contributed by atoms with Gasteiger partial charge in [-0.1, -0.05) is 0 Å². The van der Waals surface area contributed by atoms with Gasteiger partial charge < -0.3 is 11.1 Å². The summed E-state index contributed by atoms with van der Waals surface area (Å²) >= 11 is 1.81. The zero-order valence-corrected chi connectivity index (χ0v) is 10.9. The predicted octanol–water partition coefficient (Wildman–Crippen LogP) is 0.804. The SMILES string of the molecule is CSCCCNc1nc(N)nc(-n2cccn2)n1. The molecule has 8 heteroatoms. The first-order chi connectivity index (χ1) is 8.79. The summed E-state index contributed by atoms with van der Waals surface area (Å²) in [5.74, 6) is 2.18. The van der Waals surface area contributed by atoms with Crippen molar-refractivity contribution in [2.75, 3.05) is 29.6 Å². The number of aromatic nitrogens is 5. The number of nitrogen functional groups attached to an aromatic ring is 1. The summed E-state index contributed by atoms with van der Waals surface area (Å²) in [6.07, 6.45) is 6.54. The van der Waals surface area contributed by atoms with Crippen molar-refractivity contribution in [1.29, 1.82) is 0 Å². The van der Waals surface area contributed by atoms with Gasteiger partial charge in [-0.2, -0.15) is 31.8 Å². The summed E-state index contributed by atoms with van der Waals surface area (Å²) in [6, 6.07) is 1.80. The monoisotopic (exact) mass is 265 g/mol. The fraction of sp³-hybridized carbons (Fsp3) is 0.400. The Labute approximate surface area is 109 Å². The molecule has 0 saturated heterocycles. The van der Waals surface area contributed by atoms with E-state index in [1.165, 1.54) is 0 Å². The number of thioether (sulfide) groups is 1. The van der Waals surface area contributed by atoms with Crippen molar-refractivity contribution >= 4 is 23.7 Å². The van der Waals surface area contributed by atoms with Gasteiger partial charge in [0.05, 0.1) is 0 Å². The Hall–Kier alpha value is -1.83. The molecule has 0 atom stereocenters. The van der Waals surface area contributed by atoms with Crippen LogP contribution in [-0.4, -0.2) is 43.3 Å². The van der Waals surface area contributed by atoms with Gasteiger partial charge in [0, 0.05) is 18.9 Å². The molecule has 2 aromatic heterocycles. The van der Waals surface area contributed by atoms with E-state index >= 15 is 0 Å². The molecule has 0 unspecified atom stereocenters. The van der Waals surface area contributed by atoms with E-state index in [1.54, 1.807) is 23.1 Å². The molecule has 0 fully saturated rings. The first-order valence-electron chi connectivity index (χ1n) is 5.54. The van der Waals surface area contributed by atoms with Gasteiger partial charge in [-0.3, -0.25) is 0 Å². The van der Waals surface area contributed by atoms with Crippen molar-refractivity contribution in [3.8, 4) is 5.95 Å².